The van der Waals surface area contributed by atoms with Gasteiger partial charge in [-0.3, -0.25) is 0 Å². The highest BCUT2D eigenvalue weighted by atomic mass is 28.3. The number of hydrogen-bond donors (Lipinski definition) is 0. The summed E-state index contributed by atoms with van der Waals surface area (Å²) in [5.74, 6) is -0.262. The number of piperidine rings is 1. The van der Waals surface area contributed by atoms with Gasteiger partial charge in [0.25, 0.3) is 0 Å². The molecule has 2 saturated heterocycles. The van der Waals surface area contributed by atoms with Crippen LogP contribution in [0.4, 0.5) is 0 Å². The minimum absolute atomic E-state index is 0.262. The zero-order valence-electron chi connectivity index (χ0n) is 13.7. The summed E-state index contributed by atoms with van der Waals surface area (Å²) in [6.45, 7) is 16.4. The Morgan fingerprint density at radius 1 is 0.842 bits per heavy atom. The molecule has 3 nitrogen and oxygen atoms in total. The van der Waals surface area contributed by atoms with E-state index in [1.165, 1.54) is 0 Å². The lowest BCUT2D eigenvalue weighted by Crippen LogP contribution is -2.67. The first kappa shape index (κ1) is 15.7. The van der Waals surface area contributed by atoms with Crippen molar-refractivity contribution in [1.82, 2.24) is 4.90 Å². The molecule has 2 heterocycles. The molecule has 0 bridgehead atoms. The van der Waals surface area contributed by atoms with Crippen molar-refractivity contribution in [3.63, 3.8) is 0 Å². The van der Waals surface area contributed by atoms with Crippen molar-refractivity contribution in [2.45, 2.75) is 69.2 Å². The van der Waals surface area contributed by atoms with E-state index >= 15 is 0 Å². The first-order chi connectivity index (χ1) is 8.55. The average Bonchev–Trinajstić information content (AvgIpc) is 2.67. The highest BCUT2D eigenvalue weighted by Crippen LogP contribution is 2.42. The quantitative estimate of drug-likeness (QED) is 0.732. The highest BCUT2D eigenvalue weighted by Gasteiger charge is 2.53. The Morgan fingerprint density at radius 2 is 1.21 bits per heavy atom. The molecule has 19 heavy (non-hydrogen) atoms. The van der Waals surface area contributed by atoms with Crippen molar-refractivity contribution < 1.29 is 9.47 Å². The predicted molar refractivity (Wildman–Crippen MR) is 85.9 cm³/mol. The number of hydrogen-bond acceptors (Lipinski definition) is 3. The Balaban J connectivity index is 2.30. The summed E-state index contributed by atoms with van der Waals surface area (Å²) < 4.78 is 12.2. The maximum absolute atomic E-state index is 6.08. The van der Waals surface area contributed by atoms with Crippen LogP contribution in [-0.4, -0.2) is 58.4 Å². The van der Waals surface area contributed by atoms with Crippen LogP contribution in [0.5, 0.6) is 0 Å². The third kappa shape index (κ3) is 3.15. The van der Waals surface area contributed by atoms with Crippen LogP contribution in [0.15, 0.2) is 0 Å². The Labute approximate surface area is 120 Å². The lowest BCUT2D eigenvalue weighted by Gasteiger charge is -2.54. The van der Waals surface area contributed by atoms with E-state index in [1.807, 2.05) is 0 Å². The molecule has 0 amide bonds. The number of rotatable bonds is 2. The van der Waals surface area contributed by atoms with Gasteiger partial charge in [0.15, 0.2) is 5.79 Å². The average molecular weight is 302 g/mol. The second kappa shape index (κ2) is 4.95. The summed E-state index contributed by atoms with van der Waals surface area (Å²) in [4.78, 5) is 2.69. The van der Waals surface area contributed by atoms with E-state index in [-0.39, 0.29) is 5.79 Å². The first-order valence-electron chi connectivity index (χ1n) is 7.55. The van der Waals surface area contributed by atoms with E-state index in [9.17, 15) is 0 Å². The topological polar surface area (TPSA) is 21.7 Å². The molecule has 2 aliphatic rings. The van der Waals surface area contributed by atoms with Crippen LogP contribution in [0.2, 0.25) is 39.3 Å². The molecule has 1 spiro atoms. The second-order valence-corrected chi connectivity index (χ2v) is 19.2. The lowest BCUT2D eigenvalue weighted by atomic mass is 10.0. The molecule has 2 atom stereocenters. The van der Waals surface area contributed by atoms with Crippen LogP contribution in [0, 0.1) is 0 Å². The first-order valence-corrected chi connectivity index (χ1v) is 14.7. The molecule has 2 fully saturated rings. The maximum atomic E-state index is 6.08. The molecule has 5 heteroatoms. The molecule has 0 aromatic rings. The second-order valence-electron chi connectivity index (χ2n) is 8.44. The van der Waals surface area contributed by atoms with Crippen LogP contribution in [-0.2, 0) is 9.47 Å². The zero-order valence-corrected chi connectivity index (χ0v) is 15.7. The molecular weight excluding hydrogens is 270 g/mol. The fourth-order valence-electron chi connectivity index (χ4n) is 3.74. The predicted octanol–water partition coefficient (Wildman–Crippen LogP) is 2.95. The fourth-order valence-corrected chi connectivity index (χ4v) is 8.54. The molecule has 0 N–H and O–H groups in total. The number of nitrogens with zero attached hydrogens (tertiary/aromatic N) is 1. The third-order valence-electron chi connectivity index (χ3n) is 4.80. The van der Waals surface area contributed by atoms with Gasteiger partial charge < -0.3 is 14.4 Å². The molecule has 0 radical (unpaired) electrons. The lowest BCUT2D eigenvalue weighted by molar-refractivity contribution is -0.193. The molecule has 0 aromatic carbocycles. The minimum atomic E-state index is -1.25. The Morgan fingerprint density at radius 3 is 1.53 bits per heavy atom. The monoisotopic (exact) mass is 301 g/mol. The summed E-state index contributed by atoms with van der Waals surface area (Å²) >= 11 is 0. The summed E-state index contributed by atoms with van der Waals surface area (Å²) in [5, 5.41) is 0. The van der Waals surface area contributed by atoms with Crippen molar-refractivity contribution in [1.29, 1.82) is 0 Å². The summed E-state index contributed by atoms with van der Waals surface area (Å²) in [5.41, 5.74) is 1.33. The molecule has 2 unspecified atom stereocenters. The normalized spacial score (nSPS) is 33.0. The smallest absolute Gasteiger partial charge is 0.170 e. The van der Waals surface area contributed by atoms with Crippen LogP contribution < -0.4 is 0 Å². The number of ether oxygens (including phenoxy) is 2. The van der Waals surface area contributed by atoms with Crippen molar-refractivity contribution >= 4 is 16.1 Å². The Hall–Kier alpha value is 0.314. The van der Waals surface area contributed by atoms with Gasteiger partial charge in [-0.05, 0) is 7.05 Å². The van der Waals surface area contributed by atoms with E-state index in [0.29, 0.717) is 11.3 Å². The van der Waals surface area contributed by atoms with E-state index < -0.39 is 16.1 Å². The van der Waals surface area contributed by atoms with E-state index in [4.69, 9.17) is 9.47 Å². The molecule has 112 valence electrons. The van der Waals surface area contributed by atoms with Crippen LogP contribution in [0.3, 0.4) is 0 Å². The van der Waals surface area contributed by atoms with Gasteiger partial charge in [-0.15, -0.1) is 0 Å². The van der Waals surface area contributed by atoms with Gasteiger partial charge in [-0.25, -0.2) is 0 Å². The van der Waals surface area contributed by atoms with Crippen molar-refractivity contribution in [3.05, 3.63) is 0 Å². The molecule has 2 rings (SSSR count). The van der Waals surface area contributed by atoms with Gasteiger partial charge in [0, 0.05) is 24.2 Å². The zero-order chi connectivity index (χ0) is 14.5. The van der Waals surface area contributed by atoms with E-state index in [0.717, 1.165) is 26.1 Å². The largest absolute Gasteiger partial charge is 0.347 e. The standard InChI is InChI=1S/C14H31NO2Si2/c1-15-12(18(2,3)4)10-14(16-8-9-17-14)11-13(15)19(5,6)7/h12-13H,8-11H2,1-7H3. The van der Waals surface area contributed by atoms with Crippen molar-refractivity contribution in [2.75, 3.05) is 20.3 Å². The van der Waals surface area contributed by atoms with Gasteiger partial charge in [-0.1, -0.05) is 39.3 Å². The summed E-state index contributed by atoms with van der Waals surface area (Å²) in [7, 11) is -0.150. The van der Waals surface area contributed by atoms with Crippen molar-refractivity contribution in [3.8, 4) is 0 Å². The molecule has 0 aliphatic carbocycles. The maximum Gasteiger partial charge on any atom is 0.170 e. The summed E-state index contributed by atoms with van der Waals surface area (Å²) in [6, 6.07) is 0. The molecular formula is C14H31NO2Si2. The Bertz CT molecular complexity index is 303. The highest BCUT2D eigenvalue weighted by molar-refractivity contribution is 6.79. The summed E-state index contributed by atoms with van der Waals surface area (Å²) in [6.07, 6.45) is 2.14. The minimum Gasteiger partial charge on any atom is -0.347 e. The van der Waals surface area contributed by atoms with Gasteiger partial charge in [0.1, 0.15) is 0 Å². The fraction of sp³-hybridized carbons (Fsp3) is 1.00. The van der Waals surface area contributed by atoms with Crippen molar-refractivity contribution in [2.24, 2.45) is 0 Å². The van der Waals surface area contributed by atoms with Crippen LogP contribution in [0.25, 0.3) is 0 Å². The van der Waals surface area contributed by atoms with Gasteiger partial charge in [0.2, 0.25) is 0 Å². The number of likely N-dealkylation sites (tertiary alicyclic amines) is 1. The van der Waals surface area contributed by atoms with E-state index in [1.54, 1.807) is 0 Å². The van der Waals surface area contributed by atoms with Crippen LogP contribution in [0.1, 0.15) is 12.8 Å². The van der Waals surface area contributed by atoms with Crippen LogP contribution >= 0.6 is 0 Å². The molecule has 0 aromatic heterocycles. The molecule has 0 saturated carbocycles. The van der Waals surface area contributed by atoms with E-state index in [2.05, 4.69) is 51.2 Å². The molecule has 2 aliphatic heterocycles. The third-order valence-corrected chi connectivity index (χ3v) is 10.0. The van der Waals surface area contributed by atoms with Gasteiger partial charge in [-0.2, -0.15) is 0 Å². The van der Waals surface area contributed by atoms with Gasteiger partial charge >= 0.3 is 0 Å². The van der Waals surface area contributed by atoms with Gasteiger partial charge in [0.05, 0.1) is 29.4 Å². The SMILES string of the molecule is CN1C([Si](C)(C)C)CC2(CC1[Si](C)(C)C)OCCO2. The Kier molecular flexibility index (Phi) is 4.09.